The summed E-state index contributed by atoms with van der Waals surface area (Å²) < 4.78 is 2.83. The molecule has 0 atom stereocenters. The molecule has 0 radical (unpaired) electrons. The van der Waals surface area contributed by atoms with Crippen LogP contribution in [0.4, 0.5) is 0 Å². The van der Waals surface area contributed by atoms with Crippen LogP contribution in [0.2, 0.25) is 39.3 Å². The van der Waals surface area contributed by atoms with Crippen LogP contribution in [0.3, 0.4) is 0 Å². The molecular weight excluding hydrogens is 218 g/mol. The van der Waals surface area contributed by atoms with Gasteiger partial charge in [-0.05, 0) is 0 Å². The van der Waals surface area contributed by atoms with Crippen molar-refractivity contribution in [3.8, 4) is 0 Å². The van der Waals surface area contributed by atoms with Gasteiger partial charge in [0.1, 0.15) is 16.5 Å². The van der Waals surface area contributed by atoms with Gasteiger partial charge in [0.05, 0.1) is 8.96 Å². The summed E-state index contributed by atoms with van der Waals surface area (Å²) in [7, 11) is -3.51. The van der Waals surface area contributed by atoms with Crippen molar-refractivity contribution >= 4 is 25.4 Å². The third-order valence-corrected chi connectivity index (χ3v) is 18.8. The van der Waals surface area contributed by atoms with Gasteiger partial charge in [-0.3, -0.25) is 0 Å². The van der Waals surface area contributed by atoms with Crippen LogP contribution < -0.4 is 0 Å². The van der Waals surface area contributed by atoms with Gasteiger partial charge in [-0.1, -0.05) is 50.7 Å². The molecule has 0 heterocycles. The van der Waals surface area contributed by atoms with Crippen molar-refractivity contribution in [3.05, 3.63) is 24.6 Å². The van der Waals surface area contributed by atoms with E-state index in [-0.39, 0.29) is 0 Å². The lowest BCUT2D eigenvalue weighted by Gasteiger charge is -2.47. The number of nitrogens with zero attached hydrogens (tertiary/aromatic N) is 1. The minimum Gasteiger partial charge on any atom is -0.365 e. The topological polar surface area (TPSA) is 3.24 Å². The van der Waals surface area contributed by atoms with Crippen molar-refractivity contribution in [2.75, 3.05) is 0 Å². The highest BCUT2D eigenvalue weighted by molar-refractivity contribution is 7.03. The monoisotopic (exact) mass is 243 g/mol. The van der Waals surface area contributed by atoms with Crippen molar-refractivity contribution < 1.29 is 0 Å². The molecule has 14 heavy (non-hydrogen) atoms. The van der Waals surface area contributed by atoms with E-state index in [0.717, 1.165) is 0 Å². The molecule has 0 fully saturated rings. The van der Waals surface area contributed by atoms with Gasteiger partial charge >= 0.3 is 0 Å². The van der Waals surface area contributed by atoms with Crippen molar-refractivity contribution in [3.63, 3.8) is 0 Å². The Balaban J connectivity index is 5.15. The molecule has 0 bridgehead atoms. The first-order valence-corrected chi connectivity index (χ1v) is 14.1. The molecule has 0 aliphatic rings. The Bertz CT molecular complexity index is 201. The third-order valence-electron chi connectivity index (χ3n) is 2.76. The van der Waals surface area contributed by atoms with E-state index in [1.165, 1.54) is 0 Å². The average Bonchev–Trinajstić information content (AvgIpc) is 2.02. The smallest absolute Gasteiger partial charge is 0.133 e. The van der Waals surface area contributed by atoms with Crippen LogP contribution in [0.5, 0.6) is 0 Å². The van der Waals surface area contributed by atoms with E-state index in [0.29, 0.717) is 0 Å². The molecule has 0 N–H and O–H groups in total. The Kier molecular flexibility index (Phi) is 4.77. The fourth-order valence-corrected chi connectivity index (χ4v) is 20.4. The van der Waals surface area contributed by atoms with Crippen molar-refractivity contribution in [2.24, 2.45) is 0 Å². The lowest BCUT2D eigenvalue weighted by atomic mass is 11.3. The van der Waals surface area contributed by atoms with Crippen LogP contribution in [0.15, 0.2) is 24.6 Å². The summed E-state index contributed by atoms with van der Waals surface area (Å²) in [6.45, 7) is 22.4. The van der Waals surface area contributed by atoms with Gasteiger partial charge in [-0.15, -0.1) is 13.2 Å². The number of hydrogen-bond acceptors (Lipinski definition) is 1. The minimum absolute atomic E-state index is 0.756. The van der Waals surface area contributed by atoms with Crippen molar-refractivity contribution in [1.82, 2.24) is 3.90 Å². The summed E-state index contributed by atoms with van der Waals surface area (Å²) in [5.74, 6) is 0. The van der Waals surface area contributed by atoms with E-state index in [9.17, 15) is 0 Å². The van der Waals surface area contributed by atoms with Crippen LogP contribution in [0.25, 0.3) is 0 Å². The first kappa shape index (κ1) is 14.1. The second kappa shape index (κ2) is 4.74. The molecule has 4 heteroatoms. The van der Waals surface area contributed by atoms with Gasteiger partial charge < -0.3 is 3.90 Å². The summed E-state index contributed by atoms with van der Waals surface area (Å²) >= 11 is 0. The molecule has 0 rings (SSSR count). The molecule has 0 aromatic heterocycles. The van der Waals surface area contributed by atoms with Gasteiger partial charge in [0, 0.05) is 0 Å². The molecule has 0 saturated heterocycles. The molecule has 0 spiro atoms. The zero-order valence-electron chi connectivity index (χ0n) is 10.6. The maximum absolute atomic E-state index is 4.01. The molecule has 0 amide bonds. The van der Waals surface area contributed by atoms with Crippen LogP contribution in [-0.2, 0) is 0 Å². The Labute approximate surface area is 93.4 Å². The summed E-state index contributed by atoms with van der Waals surface area (Å²) in [4.78, 5) is 0. The summed E-state index contributed by atoms with van der Waals surface area (Å²) in [5, 5.41) is 0. The summed E-state index contributed by atoms with van der Waals surface area (Å²) in [5.41, 5.74) is 4.41. The maximum Gasteiger partial charge on any atom is 0.133 e. The molecular formula is C10H25NSi3. The zero-order chi connectivity index (χ0) is 11.6. The molecule has 0 unspecified atom stereocenters. The van der Waals surface area contributed by atoms with Crippen LogP contribution in [0, 0.1) is 0 Å². The number of hydrogen-bond donors (Lipinski definition) is 0. The third kappa shape index (κ3) is 3.05. The van der Waals surface area contributed by atoms with E-state index in [1.54, 1.807) is 0 Å². The quantitative estimate of drug-likeness (QED) is 0.671. The van der Waals surface area contributed by atoms with Gasteiger partial charge in [-0.2, -0.15) is 0 Å². The molecule has 0 aromatic carbocycles. The number of rotatable bonds is 5. The van der Waals surface area contributed by atoms with Gasteiger partial charge in [0.25, 0.3) is 0 Å². The van der Waals surface area contributed by atoms with Crippen LogP contribution in [0.1, 0.15) is 0 Å². The maximum atomic E-state index is 4.01. The van der Waals surface area contributed by atoms with Crippen LogP contribution in [-0.4, -0.2) is 29.3 Å². The first-order chi connectivity index (χ1) is 6.19. The fraction of sp³-hybridized carbons (Fsp3) is 0.600. The average molecular weight is 244 g/mol. The molecule has 0 saturated carbocycles. The predicted molar refractivity (Wildman–Crippen MR) is 76.1 cm³/mol. The van der Waals surface area contributed by atoms with Crippen LogP contribution >= 0.6 is 0 Å². The second-order valence-corrected chi connectivity index (χ2v) is 17.8. The van der Waals surface area contributed by atoms with Crippen molar-refractivity contribution in [2.45, 2.75) is 39.3 Å². The largest absolute Gasteiger partial charge is 0.365 e. The lowest BCUT2D eigenvalue weighted by Crippen LogP contribution is -2.64. The van der Waals surface area contributed by atoms with E-state index < -0.39 is 25.4 Å². The molecule has 0 aromatic rings. The molecule has 0 aliphatic carbocycles. The van der Waals surface area contributed by atoms with Gasteiger partial charge in [-0.25, -0.2) is 0 Å². The highest BCUT2D eigenvalue weighted by atomic mass is 28.5. The summed E-state index contributed by atoms with van der Waals surface area (Å²) in [6, 6.07) is 0. The predicted octanol–water partition coefficient (Wildman–Crippen LogP) is 3.13. The van der Waals surface area contributed by atoms with E-state index >= 15 is 0 Å². The molecule has 1 nitrogen and oxygen atoms in total. The Morgan fingerprint density at radius 2 is 1.21 bits per heavy atom. The first-order valence-electron chi connectivity index (χ1n) is 5.25. The minimum atomic E-state index is -1.38. The second-order valence-electron chi connectivity index (χ2n) is 5.18. The lowest BCUT2D eigenvalue weighted by molar-refractivity contribution is 0.950. The van der Waals surface area contributed by atoms with Gasteiger partial charge in [0.15, 0.2) is 0 Å². The Hall–Kier alpha value is 0.0906. The highest BCUT2D eigenvalue weighted by Crippen LogP contribution is 2.22. The Morgan fingerprint density at radius 1 is 0.929 bits per heavy atom. The van der Waals surface area contributed by atoms with Crippen molar-refractivity contribution in [1.29, 1.82) is 0 Å². The molecule has 82 valence electrons. The highest BCUT2D eigenvalue weighted by Gasteiger charge is 2.38. The normalized spacial score (nSPS) is 13.4. The van der Waals surface area contributed by atoms with E-state index in [4.69, 9.17) is 0 Å². The molecule has 0 aliphatic heterocycles. The zero-order valence-corrected chi connectivity index (χ0v) is 13.7. The Morgan fingerprint density at radius 3 is 1.36 bits per heavy atom. The SMILES string of the molecule is C=C[Si](C)(C)N([SiH](C)C)[Si](C)(C)C=C. The van der Waals surface area contributed by atoms with Gasteiger partial charge in [0.2, 0.25) is 0 Å². The van der Waals surface area contributed by atoms with E-state index in [1.807, 2.05) is 0 Å². The fourth-order valence-electron chi connectivity index (χ4n) is 2.27. The van der Waals surface area contributed by atoms with E-state index in [2.05, 4.69) is 67.7 Å². The summed E-state index contributed by atoms with van der Waals surface area (Å²) in [6.07, 6.45) is 0. The standard InChI is InChI=1S/C10H25NSi3/c1-9-13(5,6)11(12(3)4)14(7,8)10-2/h9-10,12H,1-2H2,3-8H3.